The van der Waals surface area contributed by atoms with Crippen molar-refractivity contribution in [3.05, 3.63) is 83.5 Å². The SMILES string of the molecule is O=S(=O)(c1ccc(F)c(Cl)c1)N1CCN(Cc2nc3cccnc3n2-c2ccccc2)CC1. The Kier molecular flexibility index (Phi) is 5.88. The molecule has 170 valence electrons. The van der Waals surface area contributed by atoms with Crippen LogP contribution in [0.1, 0.15) is 5.82 Å². The predicted octanol–water partition coefficient (Wildman–Crippen LogP) is 3.72. The summed E-state index contributed by atoms with van der Waals surface area (Å²) in [4.78, 5) is 11.5. The number of imidazole rings is 1. The first-order chi connectivity index (χ1) is 15.9. The molecule has 1 aliphatic heterocycles. The molecule has 1 fully saturated rings. The van der Waals surface area contributed by atoms with Crippen LogP contribution in [0.4, 0.5) is 4.39 Å². The number of pyridine rings is 1. The zero-order valence-corrected chi connectivity index (χ0v) is 19.2. The van der Waals surface area contributed by atoms with Gasteiger partial charge >= 0.3 is 0 Å². The topological polar surface area (TPSA) is 71.3 Å². The van der Waals surface area contributed by atoms with Crippen LogP contribution >= 0.6 is 11.6 Å². The van der Waals surface area contributed by atoms with Crippen LogP contribution in [0.15, 0.2) is 71.8 Å². The second-order valence-corrected chi connectivity index (χ2v) is 10.1. The van der Waals surface area contributed by atoms with Gasteiger partial charge in [0.2, 0.25) is 10.0 Å². The maximum absolute atomic E-state index is 13.5. The quantitative estimate of drug-likeness (QED) is 0.431. The normalized spacial score (nSPS) is 15.8. The van der Waals surface area contributed by atoms with Crippen molar-refractivity contribution in [2.45, 2.75) is 11.4 Å². The highest BCUT2D eigenvalue weighted by molar-refractivity contribution is 7.89. The van der Waals surface area contributed by atoms with E-state index in [2.05, 4.69) is 9.88 Å². The maximum Gasteiger partial charge on any atom is 0.243 e. The molecule has 7 nitrogen and oxygen atoms in total. The van der Waals surface area contributed by atoms with Gasteiger partial charge in [-0.1, -0.05) is 29.8 Å². The number of hydrogen-bond donors (Lipinski definition) is 0. The molecule has 0 unspecified atom stereocenters. The molecule has 0 aliphatic carbocycles. The van der Waals surface area contributed by atoms with Gasteiger partial charge in [0.05, 0.1) is 16.5 Å². The van der Waals surface area contributed by atoms with E-state index >= 15 is 0 Å². The van der Waals surface area contributed by atoms with Gasteiger partial charge in [0.25, 0.3) is 0 Å². The van der Waals surface area contributed by atoms with Gasteiger partial charge in [-0.3, -0.25) is 9.47 Å². The summed E-state index contributed by atoms with van der Waals surface area (Å²) >= 11 is 5.79. The number of hydrogen-bond acceptors (Lipinski definition) is 5. The molecule has 10 heteroatoms. The smallest absolute Gasteiger partial charge is 0.243 e. The molecule has 0 amide bonds. The first-order valence-corrected chi connectivity index (χ1v) is 12.3. The summed E-state index contributed by atoms with van der Waals surface area (Å²) in [5, 5.41) is -0.205. The van der Waals surface area contributed by atoms with E-state index < -0.39 is 15.8 Å². The number of sulfonamides is 1. The summed E-state index contributed by atoms with van der Waals surface area (Å²) in [5.41, 5.74) is 2.57. The minimum atomic E-state index is -3.74. The molecule has 1 aliphatic rings. The minimum Gasteiger partial charge on any atom is -0.293 e. The van der Waals surface area contributed by atoms with Gasteiger partial charge in [-0.25, -0.2) is 22.8 Å². The van der Waals surface area contributed by atoms with E-state index in [1.54, 1.807) is 6.20 Å². The van der Waals surface area contributed by atoms with Crippen LogP contribution in [-0.4, -0.2) is 58.3 Å². The van der Waals surface area contributed by atoms with Gasteiger partial charge in [-0.05, 0) is 42.5 Å². The first-order valence-electron chi connectivity index (χ1n) is 10.5. The summed E-state index contributed by atoms with van der Waals surface area (Å²) in [7, 11) is -3.74. The Labute approximate surface area is 196 Å². The third-order valence-corrected chi connectivity index (χ3v) is 7.91. The van der Waals surface area contributed by atoms with Crippen LogP contribution in [-0.2, 0) is 16.6 Å². The first kappa shape index (κ1) is 22.0. The molecule has 33 heavy (non-hydrogen) atoms. The Bertz CT molecular complexity index is 1400. The molecule has 0 bridgehead atoms. The summed E-state index contributed by atoms with van der Waals surface area (Å²) in [6.45, 7) is 2.28. The van der Waals surface area contributed by atoms with Crippen molar-refractivity contribution in [3.8, 4) is 5.69 Å². The van der Waals surface area contributed by atoms with Gasteiger partial charge in [-0.2, -0.15) is 4.31 Å². The molecule has 1 saturated heterocycles. The molecule has 0 radical (unpaired) electrons. The van der Waals surface area contributed by atoms with Crippen molar-refractivity contribution >= 4 is 32.8 Å². The van der Waals surface area contributed by atoms with Gasteiger partial charge in [0, 0.05) is 38.1 Å². The van der Waals surface area contributed by atoms with E-state index in [1.165, 1.54) is 10.4 Å². The van der Waals surface area contributed by atoms with Crippen LogP contribution in [0.3, 0.4) is 0 Å². The van der Waals surface area contributed by atoms with Crippen LogP contribution in [0, 0.1) is 5.82 Å². The number of nitrogens with zero attached hydrogens (tertiary/aromatic N) is 5. The van der Waals surface area contributed by atoms with Crippen LogP contribution in [0.2, 0.25) is 5.02 Å². The molecule has 4 aromatic rings. The number of piperazine rings is 1. The van der Waals surface area contributed by atoms with Crippen LogP contribution in [0.5, 0.6) is 0 Å². The summed E-state index contributed by atoms with van der Waals surface area (Å²) in [6.07, 6.45) is 1.75. The Morgan fingerprint density at radius 3 is 2.45 bits per heavy atom. The van der Waals surface area contributed by atoms with Crippen molar-refractivity contribution in [2.24, 2.45) is 0 Å². The second kappa shape index (κ2) is 8.83. The minimum absolute atomic E-state index is 0.000653. The number of halogens is 2. The number of benzene rings is 2. The Balaban J connectivity index is 1.35. The highest BCUT2D eigenvalue weighted by atomic mass is 35.5. The zero-order valence-electron chi connectivity index (χ0n) is 17.6. The molecule has 0 saturated carbocycles. The Morgan fingerprint density at radius 2 is 1.73 bits per heavy atom. The van der Waals surface area contributed by atoms with Crippen LogP contribution in [0.25, 0.3) is 16.9 Å². The molecule has 5 rings (SSSR count). The number of fused-ring (bicyclic) bond motifs is 1. The Morgan fingerprint density at radius 1 is 0.970 bits per heavy atom. The summed E-state index contributed by atoms with van der Waals surface area (Å²) in [5.74, 6) is 0.202. The molecule has 3 heterocycles. The van der Waals surface area contributed by atoms with Crippen LogP contribution < -0.4 is 0 Å². The maximum atomic E-state index is 13.5. The molecule has 0 spiro atoms. The van der Waals surface area contributed by atoms with Gasteiger partial charge < -0.3 is 0 Å². The van der Waals surface area contributed by atoms with Crippen molar-refractivity contribution < 1.29 is 12.8 Å². The number of para-hydroxylation sites is 1. The highest BCUT2D eigenvalue weighted by Crippen LogP contribution is 2.25. The third-order valence-electron chi connectivity index (χ3n) is 5.73. The van der Waals surface area contributed by atoms with Gasteiger partial charge in [0.15, 0.2) is 5.65 Å². The van der Waals surface area contributed by atoms with E-state index in [1.807, 2.05) is 47.0 Å². The fourth-order valence-corrected chi connectivity index (χ4v) is 5.72. The average Bonchev–Trinajstić information content (AvgIpc) is 3.19. The second-order valence-electron chi connectivity index (χ2n) is 7.80. The lowest BCUT2D eigenvalue weighted by Crippen LogP contribution is -2.48. The van der Waals surface area contributed by atoms with E-state index in [4.69, 9.17) is 16.6 Å². The fourth-order valence-electron chi connectivity index (χ4n) is 4.03. The predicted molar refractivity (Wildman–Crippen MR) is 124 cm³/mol. The fraction of sp³-hybridized carbons (Fsp3) is 0.217. The highest BCUT2D eigenvalue weighted by Gasteiger charge is 2.29. The van der Waals surface area contributed by atoms with Crippen molar-refractivity contribution in [1.29, 1.82) is 0 Å². The third kappa shape index (κ3) is 4.24. The van der Waals surface area contributed by atoms with Gasteiger partial charge in [0.1, 0.15) is 17.2 Å². The van der Waals surface area contributed by atoms with Crippen molar-refractivity contribution in [3.63, 3.8) is 0 Å². The Hall–Kier alpha value is -2.85. The van der Waals surface area contributed by atoms with E-state index in [0.29, 0.717) is 32.7 Å². The molecular weight excluding hydrogens is 465 g/mol. The van der Waals surface area contributed by atoms with E-state index in [0.717, 1.165) is 34.8 Å². The molecule has 2 aromatic heterocycles. The average molecular weight is 486 g/mol. The molecule has 2 aromatic carbocycles. The summed E-state index contributed by atoms with van der Waals surface area (Å²) in [6, 6.07) is 17.2. The zero-order chi connectivity index (χ0) is 23.0. The number of aromatic nitrogens is 3. The number of rotatable bonds is 5. The molecule has 0 atom stereocenters. The van der Waals surface area contributed by atoms with E-state index in [9.17, 15) is 12.8 Å². The lowest BCUT2D eigenvalue weighted by Gasteiger charge is -2.33. The molecule has 0 N–H and O–H groups in total. The monoisotopic (exact) mass is 485 g/mol. The lowest BCUT2D eigenvalue weighted by atomic mass is 10.3. The van der Waals surface area contributed by atoms with E-state index in [-0.39, 0.29) is 9.92 Å². The standard InChI is InChI=1S/C23H21ClFN5O2S/c24-19-15-18(8-9-20(19)25)33(31,32)29-13-11-28(12-14-29)16-22-27-21-7-4-10-26-23(21)30(22)17-5-2-1-3-6-17/h1-10,15H,11-14,16H2. The molecular formula is C23H21ClFN5O2S. The van der Waals surface area contributed by atoms with Crippen molar-refractivity contribution in [1.82, 2.24) is 23.7 Å². The van der Waals surface area contributed by atoms with Gasteiger partial charge in [-0.15, -0.1) is 0 Å². The van der Waals surface area contributed by atoms with Crippen molar-refractivity contribution in [2.75, 3.05) is 26.2 Å². The summed E-state index contributed by atoms with van der Waals surface area (Å²) < 4.78 is 42.9. The lowest BCUT2D eigenvalue weighted by molar-refractivity contribution is 0.177. The largest absolute Gasteiger partial charge is 0.293 e.